The average Bonchev–Trinajstić information content (AvgIpc) is 2.88. The van der Waals surface area contributed by atoms with E-state index in [1.807, 2.05) is 13.0 Å². The second-order valence-corrected chi connectivity index (χ2v) is 10.7. The second kappa shape index (κ2) is 12.5. The Kier molecular flexibility index (Phi) is 9.44. The SMILES string of the molecule is CCCCC(C)Oc1ccc(C(=O)NC(=S)Nc2ccc(S(=O)(=O)N(C)c3ccccc3)cc2)cc1. The summed E-state index contributed by atoms with van der Waals surface area (Å²) in [7, 11) is -2.21. The fraction of sp³-hybridized carbons (Fsp3) is 0.259. The summed E-state index contributed by atoms with van der Waals surface area (Å²) in [6.07, 6.45) is 3.32. The van der Waals surface area contributed by atoms with Crippen LogP contribution in [0.5, 0.6) is 5.75 Å². The van der Waals surface area contributed by atoms with Crippen LogP contribution in [0.2, 0.25) is 0 Å². The van der Waals surface area contributed by atoms with Gasteiger partial charge in [0.2, 0.25) is 0 Å². The van der Waals surface area contributed by atoms with Gasteiger partial charge in [0.15, 0.2) is 5.11 Å². The Bertz CT molecular complexity index is 1260. The summed E-state index contributed by atoms with van der Waals surface area (Å²) in [5.41, 5.74) is 1.55. The molecular formula is C27H31N3O4S2. The Morgan fingerprint density at radius 1 is 1.00 bits per heavy atom. The molecule has 9 heteroatoms. The highest BCUT2D eigenvalue weighted by Crippen LogP contribution is 2.23. The molecule has 190 valence electrons. The number of thiocarbonyl (C=S) groups is 1. The average molecular weight is 526 g/mol. The molecule has 1 amide bonds. The van der Waals surface area contributed by atoms with Crippen LogP contribution >= 0.6 is 12.2 Å². The molecule has 0 bridgehead atoms. The molecule has 0 saturated heterocycles. The lowest BCUT2D eigenvalue weighted by molar-refractivity contribution is 0.0977. The number of carbonyl (C=O) groups excluding carboxylic acids is 1. The molecule has 3 aromatic rings. The normalized spacial score (nSPS) is 11.9. The van der Waals surface area contributed by atoms with Crippen LogP contribution in [0, 0.1) is 0 Å². The van der Waals surface area contributed by atoms with Gasteiger partial charge in [-0.25, -0.2) is 8.42 Å². The van der Waals surface area contributed by atoms with Crippen molar-refractivity contribution in [2.75, 3.05) is 16.7 Å². The fourth-order valence-corrected chi connectivity index (χ4v) is 4.86. The second-order valence-electron chi connectivity index (χ2n) is 8.34. The van der Waals surface area contributed by atoms with Gasteiger partial charge >= 0.3 is 0 Å². The molecule has 0 aliphatic carbocycles. The summed E-state index contributed by atoms with van der Waals surface area (Å²) >= 11 is 5.25. The lowest BCUT2D eigenvalue weighted by atomic mass is 10.2. The molecule has 0 radical (unpaired) electrons. The van der Waals surface area contributed by atoms with Gasteiger partial charge in [0.25, 0.3) is 15.9 Å². The van der Waals surface area contributed by atoms with Gasteiger partial charge in [-0.2, -0.15) is 0 Å². The van der Waals surface area contributed by atoms with Gasteiger partial charge in [0.1, 0.15) is 5.75 Å². The van der Waals surface area contributed by atoms with Crippen LogP contribution in [0.3, 0.4) is 0 Å². The lowest BCUT2D eigenvalue weighted by Crippen LogP contribution is -2.34. The summed E-state index contributed by atoms with van der Waals surface area (Å²) in [5, 5.41) is 5.64. The van der Waals surface area contributed by atoms with Crippen LogP contribution in [0.1, 0.15) is 43.5 Å². The molecule has 36 heavy (non-hydrogen) atoms. The number of hydrogen-bond acceptors (Lipinski definition) is 5. The zero-order chi connectivity index (χ0) is 26.1. The largest absolute Gasteiger partial charge is 0.491 e. The number of rotatable bonds is 10. The summed E-state index contributed by atoms with van der Waals surface area (Å²) in [6, 6.07) is 21.9. The van der Waals surface area contributed by atoms with Gasteiger partial charge in [0.05, 0.1) is 16.7 Å². The van der Waals surface area contributed by atoms with Gasteiger partial charge in [-0.15, -0.1) is 0 Å². The monoisotopic (exact) mass is 525 g/mol. The highest BCUT2D eigenvalue weighted by Gasteiger charge is 2.21. The smallest absolute Gasteiger partial charge is 0.264 e. The van der Waals surface area contributed by atoms with E-state index in [-0.39, 0.29) is 22.0 Å². The fourth-order valence-electron chi connectivity index (χ4n) is 3.45. The first-order chi connectivity index (χ1) is 17.2. The van der Waals surface area contributed by atoms with Gasteiger partial charge in [-0.1, -0.05) is 38.0 Å². The number of ether oxygens (including phenoxy) is 1. The minimum atomic E-state index is -3.72. The van der Waals surface area contributed by atoms with E-state index in [9.17, 15) is 13.2 Å². The number of unbranched alkanes of at least 4 members (excludes halogenated alkanes) is 1. The van der Waals surface area contributed by atoms with Gasteiger partial charge in [-0.05, 0) is 86.2 Å². The van der Waals surface area contributed by atoms with E-state index in [0.29, 0.717) is 22.7 Å². The van der Waals surface area contributed by atoms with Crippen LogP contribution in [0.4, 0.5) is 11.4 Å². The number of sulfonamides is 1. The summed E-state index contributed by atoms with van der Waals surface area (Å²) in [5.74, 6) is 0.352. The standard InChI is InChI=1S/C27H31N3O4S2/c1-4-5-9-20(2)34-24-16-12-21(13-17-24)26(31)29-27(35)28-22-14-18-25(19-15-22)36(32,33)30(3)23-10-7-6-8-11-23/h6-8,10-20H,4-5,9H2,1-3H3,(H2,28,29,31,35). The van der Waals surface area contributed by atoms with Crippen molar-refractivity contribution in [1.82, 2.24) is 5.32 Å². The highest BCUT2D eigenvalue weighted by molar-refractivity contribution is 7.92. The number of carbonyl (C=O) groups is 1. The van der Waals surface area contributed by atoms with Crippen LogP contribution < -0.4 is 19.7 Å². The van der Waals surface area contributed by atoms with Crippen LogP contribution in [0.25, 0.3) is 0 Å². The van der Waals surface area contributed by atoms with Crippen molar-refractivity contribution in [2.24, 2.45) is 0 Å². The van der Waals surface area contributed by atoms with Crippen molar-refractivity contribution >= 4 is 44.6 Å². The minimum Gasteiger partial charge on any atom is -0.491 e. The van der Waals surface area contributed by atoms with Crippen LogP contribution in [0.15, 0.2) is 83.8 Å². The van der Waals surface area contributed by atoms with Crippen molar-refractivity contribution in [3.8, 4) is 5.75 Å². The van der Waals surface area contributed by atoms with Gasteiger partial charge in [-0.3, -0.25) is 14.4 Å². The maximum absolute atomic E-state index is 12.9. The highest BCUT2D eigenvalue weighted by atomic mass is 32.2. The minimum absolute atomic E-state index is 0.102. The van der Waals surface area contributed by atoms with Crippen molar-refractivity contribution in [1.29, 1.82) is 0 Å². The van der Waals surface area contributed by atoms with E-state index in [4.69, 9.17) is 17.0 Å². The number of benzene rings is 3. The first-order valence-corrected chi connectivity index (χ1v) is 13.6. The Hall–Kier alpha value is -3.43. The van der Waals surface area contributed by atoms with Gasteiger partial charge in [0, 0.05) is 18.3 Å². The molecule has 0 aliphatic heterocycles. The van der Waals surface area contributed by atoms with Crippen LogP contribution in [-0.2, 0) is 10.0 Å². The third-order valence-electron chi connectivity index (χ3n) is 5.54. The van der Waals surface area contributed by atoms with E-state index in [1.54, 1.807) is 60.7 Å². The van der Waals surface area contributed by atoms with E-state index in [2.05, 4.69) is 17.6 Å². The van der Waals surface area contributed by atoms with Crippen molar-refractivity contribution < 1.29 is 17.9 Å². The summed E-state index contributed by atoms with van der Waals surface area (Å²) in [4.78, 5) is 12.7. The summed E-state index contributed by atoms with van der Waals surface area (Å²) in [6.45, 7) is 4.18. The number of anilines is 2. The summed E-state index contributed by atoms with van der Waals surface area (Å²) < 4.78 is 32.9. The molecule has 3 aromatic carbocycles. The number of para-hydroxylation sites is 1. The third kappa shape index (κ3) is 7.29. The number of amides is 1. The maximum Gasteiger partial charge on any atom is 0.264 e. The Labute approximate surface area is 218 Å². The molecule has 0 spiro atoms. The van der Waals surface area contributed by atoms with E-state index in [1.165, 1.54) is 23.5 Å². The molecule has 7 nitrogen and oxygen atoms in total. The van der Waals surface area contributed by atoms with E-state index < -0.39 is 10.0 Å². The van der Waals surface area contributed by atoms with Crippen molar-refractivity contribution in [2.45, 2.75) is 44.1 Å². The van der Waals surface area contributed by atoms with E-state index in [0.717, 1.165) is 19.3 Å². The predicted octanol–water partition coefficient (Wildman–Crippen LogP) is 5.60. The molecule has 0 aromatic heterocycles. The molecule has 1 unspecified atom stereocenters. The van der Waals surface area contributed by atoms with E-state index >= 15 is 0 Å². The van der Waals surface area contributed by atoms with Gasteiger partial charge < -0.3 is 10.1 Å². The molecule has 0 fully saturated rings. The predicted molar refractivity (Wildman–Crippen MR) is 148 cm³/mol. The number of nitrogens with zero attached hydrogens (tertiary/aromatic N) is 1. The molecule has 1 atom stereocenters. The molecule has 3 rings (SSSR count). The number of hydrogen-bond donors (Lipinski definition) is 2. The zero-order valence-corrected chi connectivity index (χ0v) is 22.2. The first-order valence-electron chi connectivity index (χ1n) is 11.7. The Morgan fingerprint density at radius 2 is 1.64 bits per heavy atom. The third-order valence-corrected chi connectivity index (χ3v) is 7.54. The molecule has 2 N–H and O–H groups in total. The lowest BCUT2D eigenvalue weighted by Gasteiger charge is -2.19. The van der Waals surface area contributed by atoms with Crippen LogP contribution in [-0.4, -0.2) is 32.6 Å². The topological polar surface area (TPSA) is 87.7 Å². The molecular weight excluding hydrogens is 494 g/mol. The van der Waals surface area contributed by atoms with Crippen molar-refractivity contribution in [3.63, 3.8) is 0 Å². The maximum atomic E-state index is 12.9. The van der Waals surface area contributed by atoms with Crippen molar-refractivity contribution in [3.05, 3.63) is 84.4 Å². The Balaban J connectivity index is 1.56. The molecule has 0 heterocycles. The zero-order valence-electron chi connectivity index (χ0n) is 20.6. The number of nitrogens with one attached hydrogen (secondary N) is 2. The molecule has 0 aliphatic rings. The first kappa shape index (κ1) is 27.2. The molecule has 0 saturated carbocycles. The Morgan fingerprint density at radius 3 is 2.25 bits per heavy atom. The quantitative estimate of drug-likeness (QED) is 0.335.